The molecule has 0 saturated carbocycles. The molecule has 0 aromatic heterocycles. The molecule has 138 valence electrons. The third kappa shape index (κ3) is 5.89. The maximum atomic E-state index is 12.3. The van der Waals surface area contributed by atoms with Crippen molar-refractivity contribution in [2.24, 2.45) is 5.92 Å². The van der Waals surface area contributed by atoms with Gasteiger partial charge in [-0.3, -0.25) is 24.6 Å². The number of nitrogens with zero attached hydrogens (tertiary/aromatic N) is 1. The number of nitrogens with one attached hydrogen (secondary N) is 2. The van der Waals surface area contributed by atoms with E-state index in [1.807, 2.05) is 25.2 Å². The number of hydrogen-bond acceptors (Lipinski definition) is 4. The van der Waals surface area contributed by atoms with Crippen molar-refractivity contribution >= 4 is 17.7 Å². The highest BCUT2D eigenvalue weighted by molar-refractivity contribution is 6.03. The molecule has 2 aliphatic heterocycles. The SMILES string of the molecule is CC(C)C.C\C=C/C=C1\C(=C/NC)CC(=O)N1C1CCC(=O)NC1=O. The topological polar surface area (TPSA) is 78.5 Å². The van der Waals surface area contributed by atoms with E-state index in [2.05, 4.69) is 31.4 Å². The van der Waals surface area contributed by atoms with Crippen LogP contribution in [0.15, 0.2) is 35.7 Å². The number of rotatable bonds is 3. The molecule has 3 amide bonds. The molecular weight excluding hydrogens is 318 g/mol. The first kappa shape index (κ1) is 20.7. The van der Waals surface area contributed by atoms with Gasteiger partial charge in [-0.15, -0.1) is 0 Å². The second-order valence-corrected chi connectivity index (χ2v) is 6.68. The number of piperidine rings is 1. The third-order valence-corrected chi connectivity index (χ3v) is 3.49. The van der Waals surface area contributed by atoms with Crippen molar-refractivity contribution in [1.82, 2.24) is 15.5 Å². The zero-order valence-electron chi connectivity index (χ0n) is 15.8. The van der Waals surface area contributed by atoms with Gasteiger partial charge in [-0.1, -0.05) is 32.9 Å². The van der Waals surface area contributed by atoms with Gasteiger partial charge < -0.3 is 5.32 Å². The summed E-state index contributed by atoms with van der Waals surface area (Å²) in [5, 5.41) is 5.22. The van der Waals surface area contributed by atoms with Crippen LogP contribution in [0.5, 0.6) is 0 Å². The van der Waals surface area contributed by atoms with Gasteiger partial charge in [0.1, 0.15) is 6.04 Å². The highest BCUT2D eigenvalue weighted by atomic mass is 16.2. The highest BCUT2D eigenvalue weighted by Crippen LogP contribution is 2.32. The lowest BCUT2D eigenvalue weighted by atomic mass is 10.0. The monoisotopic (exact) mass is 347 g/mol. The number of amides is 3. The Bertz CT molecular complexity index is 600. The van der Waals surface area contributed by atoms with Crippen molar-refractivity contribution in [2.45, 2.75) is 53.0 Å². The van der Waals surface area contributed by atoms with Gasteiger partial charge in [0.15, 0.2) is 0 Å². The molecule has 0 bridgehead atoms. The average molecular weight is 347 g/mol. The van der Waals surface area contributed by atoms with Crippen LogP contribution < -0.4 is 10.6 Å². The minimum Gasteiger partial charge on any atom is -0.394 e. The fourth-order valence-electron chi connectivity index (χ4n) is 2.57. The summed E-state index contributed by atoms with van der Waals surface area (Å²) >= 11 is 0. The second kappa shape index (κ2) is 9.81. The lowest BCUT2D eigenvalue weighted by Crippen LogP contribution is -2.52. The van der Waals surface area contributed by atoms with Gasteiger partial charge in [0, 0.05) is 30.9 Å². The van der Waals surface area contributed by atoms with E-state index in [0.29, 0.717) is 12.1 Å². The summed E-state index contributed by atoms with van der Waals surface area (Å²) in [7, 11) is 1.76. The lowest BCUT2D eigenvalue weighted by molar-refractivity contribution is -0.142. The Balaban J connectivity index is 0.000000705. The van der Waals surface area contributed by atoms with E-state index in [4.69, 9.17) is 0 Å². The van der Waals surface area contributed by atoms with Crippen molar-refractivity contribution in [3.05, 3.63) is 35.7 Å². The van der Waals surface area contributed by atoms with Crippen molar-refractivity contribution in [3.63, 3.8) is 0 Å². The van der Waals surface area contributed by atoms with Crippen LogP contribution in [0.25, 0.3) is 0 Å². The molecule has 2 aliphatic rings. The molecule has 1 atom stereocenters. The van der Waals surface area contributed by atoms with Crippen molar-refractivity contribution in [3.8, 4) is 0 Å². The first-order chi connectivity index (χ1) is 11.8. The largest absolute Gasteiger partial charge is 0.394 e. The summed E-state index contributed by atoms with van der Waals surface area (Å²) in [4.78, 5) is 37.1. The quantitative estimate of drug-likeness (QED) is 0.768. The van der Waals surface area contributed by atoms with Gasteiger partial charge in [0.05, 0.1) is 6.42 Å². The maximum absolute atomic E-state index is 12.3. The van der Waals surface area contributed by atoms with Crippen LogP contribution in [0.1, 0.15) is 47.0 Å². The molecule has 0 aromatic carbocycles. The lowest BCUT2D eigenvalue weighted by Gasteiger charge is -2.30. The number of likely N-dealkylation sites (tertiary alicyclic amines) is 1. The van der Waals surface area contributed by atoms with E-state index in [1.54, 1.807) is 13.2 Å². The zero-order valence-corrected chi connectivity index (χ0v) is 15.8. The average Bonchev–Trinajstić information content (AvgIpc) is 2.81. The molecule has 1 unspecified atom stereocenters. The summed E-state index contributed by atoms with van der Waals surface area (Å²) in [6.45, 7) is 8.38. The molecule has 0 aliphatic carbocycles. The minimum absolute atomic E-state index is 0.123. The smallest absolute Gasteiger partial charge is 0.249 e. The summed E-state index contributed by atoms with van der Waals surface area (Å²) in [5.74, 6) is 0.0197. The van der Waals surface area contributed by atoms with Crippen molar-refractivity contribution in [1.29, 1.82) is 0 Å². The molecular formula is C19H29N3O3. The van der Waals surface area contributed by atoms with Crippen LogP contribution in [0.3, 0.4) is 0 Å². The predicted octanol–water partition coefficient (Wildman–Crippen LogP) is 2.25. The maximum Gasteiger partial charge on any atom is 0.249 e. The Labute approximate surface area is 150 Å². The normalized spacial score (nSPS) is 24.2. The van der Waals surface area contributed by atoms with Gasteiger partial charge in [0.2, 0.25) is 17.7 Å². The first-order valence-corrected chi connectivity index (χ1v) is 8.67. The van der Waals surface area contributed by atoms with Crippen molar-refractivity contribution in [2.75, 3.05) is 7.05 Å². The van der Waals surface area contributed by atoms with Crippen molar-refractivity contribution < 1.29 is 14.4 Å². The molecule has 0 spiro atoms. The van der Waals surface area contributed by atoms with E-state index in [-0.39, 0.29) is 24.7 Å². The Morgan fingerprint density at radius 3 is 2.40 bits per heavy atom. The Kier molecular flexibility index (Phi) is 8.11. The summed E-state index contributed by atoms with van der Waals surface area (Å²) in [5.41, 5.74) is 1.55. The number of hydrogen-bond donors (Lipinski definition) is 2. The first-order valence-electron chi connectivity index (χ1n) is 8.67. The van der Waals surface area contributed by atoms with Gasteiger partial charge in [-0.2, -0.15) is 0 Å². The molecule has 2 fully saturated rings. The van der Waals surface area contributed by atoms with Gasteiger partial charge in [0.25, 0.3) is 0 Å². The van der Waals surface area contributed by atoms with Crippen LogP contribution in [0.2, 0.25) is 0 Å². The molecule has 2 heterocycles. The summed E-state index contributed by atoms with van der Waals surface area (Å²) in [6, 6.07) is -0.616. The standard InChI is InChI=1S/C15H19N3O3.C4H10/c1-3-4-5-11-10(9-16-2)8-14(20)18(11)12-6-7-13(19)17-15(12)21;1-4(2)3/h3-5,9,12,16H,6-8H2,1-2H3,(H,17,19,21);4H,1-3H3/b4-3-,10-9-,11-5+;. The van der Waals surface area contributed by atoms with Gasteiger partial charge in [-0.25, -0.2) is 0 Å². The number of carbonyl (C=O) groups excluding carboxylic acids is 3. The van der Waals surface area contributed by atoms with Crippen LogP contribution in [-0.2, 0) is 14.4 Å². The third-order valence-electron chi connectivity index (χ3n) is 3.49. The van der Waals surface area contributed by atoms with E-state index in [9.17, 15) is 14.4 Å². The Hall–Kier alpha value is -2.37. The van der Waals surface area contributed by atoms with E-state index in [0.717, 1.165) is 11.5 Å². The molecule has 6 nitrogen and oxygen atoms in total. The van der Waals surface area contributed by atoms with Crippen LogP contribution in [-0.4, -0.2) is 35.7 Å². The summed E-state index contributed by atoms with van der Waals surface area (Å²) in [6.07, 6.45) is 8.13. The van der Waals surface area contributed by atoms with Crippen LogP contribution in [0.4, 0.5) is 0 Å². The van der Waals surface area contributed by atoms with Gasteiger partial charge in [-0.05, 0) is 25.3 Å². The van der Waals surface area contributed by atoms with E-state index >= 15 is 0 Å². The number of carbonyl (C=O) groups is 3. The zero-order chi connectivity index (χ0) is 19.0. The Morgan fingerprint density at radius 2 is 1.88 bits per heavy atom. The number of allylic oxidation sites excluding steroid dienone is 4. The van der Waals surface area contributed by atoms with Crippen LogP contribution in [0, 0.1) is 5.92 Å². The predicted molar refractivity (Wildman–Crippen MR) is 98.2 cm³/mol. The molecule has 2 saturated heterocycles. The second-order valence-electron chi connectivity index (χ2n) is 6.68. The number of imide groups is 1. The highest BCUT2D eigenvalue weighted by Gasteiger charge is 2.40. The molecule has 2 rings (SSSR count). The van der Waals surface area contributed by atoms with Crippen LogP contribution >= 0.6 is 0 Å². The molecule has 25 heavy (non-hydrogen) atoms. The Morgan fingerprint density at radius 1 is 1.24 bits per heavy atom. The molecule has 0 aromatic rings. The molecule has 2 N–H and O–H groups in total. The van der Waals surface area contributed by atoms with Gasteiger partial charge >= 0.3 is 0 Å². The molecule has 0 radical (unpaired) electrons. The summed E-state index contributed by atoms with van der Waals surface area (Å²) < 4.78 is 0. The fraction of sp³-hybridized carbons (Fsp3) is 0.526. The van der Waals surface area contributed by atoms with E-state index < -0.39 is 11.9 Å². The minimum atomic E-state index is -0.616. The molecule has 6 heteroatoms. The fourth-order valence-corrected chi connectivity index (χ4v) is 2.57. The van der Waals surface area contributed by atoms with E-state index in [1.165, 1.54) is 4.90 Å².